The van der Waals surface area contributed by atoms with Crippen LogP contribution in [0, 0.1) is 22.7 Å². The van der Waals surface area contributed by atoms with Crippen LogP contribution in [0.2, 0.25) is 0 Å². The lowest BCUT2D eigenvalue weighted by molar-refractivity contribution is 0.146. The normalized spacial score (nSPS) is 9.88. The van der Waals surface area contributed by atoms with Crippen LogP contribution in [0.25, 0.3) is 0 Å². The van der Waals surface area contributed by atoms with Gasteiger partial charge in [0.2, 0.25) is 0 Å². The van der Waals surface area contributed by atoms with Crippen LogP contribution in [-0.4, -0.2) is 4.98 Å². The third kappa shape index (κ3) is 2.53. The minimum Gasteiger partial charge on any atom is -0.251 e. The Morgan fingerprint density at radius 3 is 2.56 bits per heavy atom. The lowest BCUT2D eigenvalue weighted by Crippen LogP contribution is -2.03. The fourth-order valence-corrected chi connectivity index (χ4v) is 1.71. The van der Waals surface area contributed by atoms with Gasteiger partial charge in [-0.05, 0) is 6.07 Å². The zero-order chi connectivity index (χ0) is 12.1. The van der Waals surface area contributed by atoms with Crippen molar-refractivity contribution in [3.05, 3.63) is 28.6 Å². The van der Waals surface area contributed by atoms with Crippen molar-refractivity contribution in [2.75, 3.05) is 0 Å². The smallest absolute Gasteiger partial charge is 0.251 e. The van der Waals surface area contributed by atoms with Crippen molar-refractivity contribution in [2.45, 2.75) is 18.2 Å². The Hall–Kier alpha value is -1.53. The average Bonchev–Trinajstić information content (AvgIpc) is 2.29. The first-order valence-corrected chi connectivity index (χ1v) is 5.40. The third-order valence-corrected chi connectivity index (χ3v) is 2.49. The van der Waals surface area contributed by atoms with Crippen LogP contribution in [0.5, 0.6) is 0 Å². The van der Waals surface area contributed by atoms with Gasteiger partial charge in [-0.3, -0.25) is 4.98 Å². The van der Waals surface area contributed by atoms with Crippen molar-refractivity contribution in [1.29, 1.82) is 10.5 Å². The molecular formula is C10H6BrF2N3. The van der Waals surface area contributed by atoms with E-state index >= 15 is 0 Å². The quantitative estimate of drug-likeness (QED) is 0.803. The molecule has 0 aliphatic heterocycles. The van der Waals surface area contributed by atoms with Crippen LogP contribution in [0.15, 0.2) is 6.07 Å². The highest BCUT2D eigenvalue weighted by atomic mass is 79.9. The van der Waals surface area contributed by atoms with E-state index in [2.05, 4.69) is 20.9 Å². The minimum absolute atomic E-state index is 0.0135. The van der Waals surface area contributed by atoms with Crippen molar-refractivity contribution >= 4 is 15.9 Å². The Balaban J connectivity index is 3.39. The van der Waals surface area contributed by atoms with E-state index in [-0.39, 0.29) is 17.3 Å². The molecule has 0 spiro atoms. The molecule has 0 saturated carbocycles. The summed E-state index contributed by atoms with van der Waals surface area (Å²) in [5, 5.41) is 17.6. The molecule has 0 N–H and O–H groups in total. The SMILES string of the molecule is N#CCc1c(C#N)cc(C(F)F)nc1CBr. The van der Waals surface area contributed by atoms with Gasteiger partial charge < -0.3 is 0 Å². The fraction of sp³-hybridized carbons (Fsp3) is 0.300. The van der Waals surface area contributed by atoms with Crippen LogP contribution in [0.4, 0.5) is 8.78 Å². The number of nitrogens with zero attached hydrogens (tertiary/aromatic N) is 3. The van der Waals surface area contributed by atoms with E-state index in [9.17, 15) is 8.78 Å². The zero-order valence-electron chi connectivity index (χ0n) is 8.04. The van der Waals surface area contributed by atoms with Gasteiger partial charge >= 0.3 is 0 Å². The van der Waals surface area contributed by atoms with Gasteiger partial charge in [-0.25, -0.2) is 8.78 Å². The summed E-state index contributed by atoms with van der Waals surface area (Å²) in [7, 11) is 0. The Kier molecular flexibility index (Phi) is 4.33. The van der Waals surface area contributed by atoms with Gasteiger partial charge in [-0.2, -0.15) is 10.5 Å². The molecule has 82 valence electrons. The van der Waals surface area contributed by atoms with Crippen LogP contribution in [0.1, 0.15) is 28.9 Å². The van der Waals surface area contributed by atoms with Crippen molar-refractivity contribution < 1.29 is 8.78 Å². The molecule has 0 fully saturated rings. The Labute approximate surface area is 99.5 Å². The lowest BCUT2D eigenvalue weighted by Gasteiger charge is -2.08. The molecule has 6 heteroatoms. The predicted octanol–water partition coefficient (Wildman–Crippen LogP) is 2.85. The first-order valence-electron chi connectivity index (χ1n) is 4.27. The maximum Gasteiger partial charge on any atom is 0.280 e. The van der Waals surface area contributed by atoms with Gasteiger partial charge in [0, 0.05) is 10.9 Å². The van der Waals surface area contributed by atoms with Gasteiger partial charge in [0.05, 0.1) is 29.8 Å². The molecule has 3 nitrogen and oxygen atoms in total. The predicted molar refractivity (Wildman–Crippen MR) is 55.9 cm³/mol. The first kappa shape index (κ1) is 12.5. The largest absolute Gasteiger partial charge is 0.280 e. The molecule has 1 aromatic rings. The number of pyridine rings is 1. The van der Waals surface area contributed by atoms with Gasteiger partial charge in [0.25, 0.3) is 6.43 Å². The van der Waals surface area contributed by atoms with E-state index in [1.54, 1.807) is 6.07 Å². The van der Waals surface area contributed by atoms with E-state index < -0.39 is 12.1 Å². The monoisotopic (exact) mass is 285 g/mol. The summed E-state index contributed by atoms with van der Waals surface area (Å²) < 4.78 is 24.9. The number of hydrogen-bond acceptors (Lipinski definition) is 3. The summed E-state index contributed by atoms with van der Waals surface area (Å²) in [4.78, 5) is 3.72. The average molecular weight is 286 g/mol. The molecule has 1 heterocycles. The minimum atomic E-state index is -2.72. The van der Waals surface area contributed by atoms with Crippen LogP contribution in [0.3, 0.4) is 0 Å². The maximum absolute atomic E-state index is 12.5. The summed E-state index contributed by atoms with van der Waals surface area (Å²) >= 11 is 3.10. The first-order chi connectivity index (χ1) is 7.63. The third-order valence-electron chi connectivity index (χ3n) is 1.96. The van der Waals surface area contributed by atoms with Gasteiger partial charge in [0.15, 0.2) is 0 Å². The number of halogens is 3. The second-order valence-corrected chi connectivity index (χ2v) is 3.46. The molecule has 1 rings (SSSR count). The standard InChI is InChI=1S/C10H6BrF2N3/c11-4-9-7(1-2-14)6(5-15)3-8(16-9)10(12)13/h3,10H,1,4H2. The Bertz CT molecular complexity index is 474. The summed E-state index contributed by atoms with van der Waals surface area (Å²) in [6.45, 7) is 0. The topological polar surface area (TPSA) is 60.5 Å². The second-order valence-electron chi connectivity index (χ2n) is 2.90. The highest BCUT2D eigenvalue weighted by Gasteiger charge is 2.16. The molecule has 0 aliphatic carbocycles. The molecule has 0 aromatic carbocycles. The summed E-state index contributed by atoms with van der Waals surface area (Å²) in [5.41, 5.74) is 0.371. The lowest BCUT2D eigenvalue weighted by atomic mass is 10.0. The number of aromatic nitrogens is 1. The highest BCUT2D eigenvalue weighted by molar-refractivity contribution is 9.08. The highest BCUT2D eigenvalue weighted by Crippen LogP contribution is 2.23. The number of hydrogen-bond donors (Lipinski definition) is 0. The molecule has 0 radical (unpaired) electrons. The maximum atomic E-state index is 12.5. The number of alkyl halides is 3. The molecule has 0 saturated heterocycles. The molecule has 0 amide bonds. The van der Waals surface area contributed by atoms with E-state index in [0.717, 1.165) is 6.07 Å². The van der Waals surface area contributed by atoms with Crippen molar-refractivity contribution in [3.8, 4) is 12.1 Å². The summed E-state index contributed by atoms with van der Waals surface area (Å²) in [5.74, 6) is 0. The van der Waals surface area contributed by atoms with E-state index in [1.807, 2.05) is 6.07 Å². The van der Waals surface area contributed by atoms with Crippen LogP contribution in [-0.2, 0) is 11.8 Å². The molecular weight excluding hydrogens is 280 g/mol. The fourth-order valence-electron chi connectivity index (χ4n) is 1.24. The van der Waals surface area contributed by atoms with Gasteiger partial charge in [-0.15, -0.1) is 0 Å². The van der Waals surface area contributed by atoms with Crippen molar-refractivity contribution in [3.63, 3.8) is 0 Å². The molecule has 0 unspecified atom stereocenters. The molecule has 1 aromatic heterocycles. The zero-order valence-corrected chi connectivity index (χ0v) is 9.63. The van der Waals surface area contributed by atoms with Gasteiger partial charge in [0.1, 0.15) is 5.69 Å². The van der Waals surface area contributed by atoms with E-state index in [0.29, 0.717) is 11.3 Å². The number of rotatable bonds is 3. The Morgan fingerprint density at radius 2 is 2.12 bits per heavy atom. The second kappa shape index (κ2) is 5.53. The summed E-state index contributed by atoms with van der Waals surface area (Å²) in [6, 6.07) is 4.72. The van der Waals surface area contributed by atoms with Crippen LogP contribution < -0.4 is 0 Å². The molecule has 0 bridgehead atoms. The summed E-state index contributed by atoms with van der Waals surface area (Å²) in [6.07, 6.45) is -2.73. The molecule has 0 atom stereocenters. The molecule has 0 aliphatic rings. The van der Waals surface area contributed by atoms with Crippen molar-refractivity contribution in [1.82, 2.24) is 4.98 Å². The van der Waals surface area contributed by atoms with E-state index in [4.69, 9.17) is 10.5 Å². The van der Waals surface area contributed by atoms with Crippen molar-refractivity contribution in [2.24, 2.45) is 0 Å². The van der Waals surface area contributed by atoms with Gasteiger partial charge in [-0.1, -0.05) is 15.9 Å². The molecule has 16 heavy (non-hydrogen) atoms. The Morgan fingerprint density at radius 1 is 1.44 bits per heavy atom. The number of nitriles is 2. The van der Waals surface area contributed by atoms with E-state index in [1.165, 1.54) is 0 Å². The van der Waals surface area contributed by atoms with Crippen LogP contribution >= 0.6 is 15.9 Å².